The van der Waals surface area contributed by atoms with E-state index in [1.807, 2.05) is 54.8 Å². The molecule has 1 N–H and O–H groups in total. The van der Waals surface area contributed by atoms with Crippen molar-refractivity contribution in [3.05, 3.63) is 64.6 Å². The Bertz CT molecular complexity index is 854. The normalized spacial score (nSPS) is 10.9. The van der Waals surface area contributed by atoms with E-state index in [2.05, 4.69) is 10.3 Å². The second kappa shape index (κ2) is 5.81. The van der Waals surface area contributed by atoms with Gasteiger partial charge in [0.2, 0.25) is 0 Å². The topological polar surface area (TPSA) is 46.4 Å². The Balaban J connectivity index is 2.01. The van der Waals surface area contributed by atoms with Gasteiger partial charge in [0.15, 0.2) is 0 Å². The maximum Gasteiger partial charge on any atom is 0.274 e. The van der Waals surface area contributed by atoms with Crippen LogP contribution in [0.1, 0.15) is 28.7 Å². The lowest BCUT2D eigenvalue weighted by atomic mass is 10.2. The van der Waals surface area contributed by atoms with Gasteiger partial charge in [-0.1, -0.05) is 24.6 Å². The maximum absolute atomic E-state index is 12.7. The molecule has 0 saturated heterocycles. The average Bonchev–Trinajstić information content (AvgIpc) is 2.88. The first-order chi connectivity index (χ1) is 10.6. The smallest absolute Gasteiger partial charge is 0.274 e. The van der Waals surface area contributed by atoms with Crippen LogP contribution in [0.25, 0.3) is 5.65 Å². The Morgan fingerprint density at radius 3 is 2.86 bits per heavy atom. The Hall–Kier alpha value is -2.33. The van der Waals surface area contributed by atoms with Crippen molar-refractivity contribution in [2.75, 3.05) is 5.32 Å². The number of benzene rings is 1. The van der Waals surface area contributed by atoms with Gasteiger partial charge >= 0.3 is 0 Å². The van der Waals surface area contributed by atoms with Gasteiger partial charge in [-0.05, 0) is 49.2 Å². The highest BCUT2D eigenvalue weighted by Crippen LogP contribution is 2.21. The molecule has 0 fully saturated rings. The molecule has 0 aliphatic carbocycles. The molecule has 0 radical (unpaired) electrons. The summed E-state index contributed by atoms with van der Waals surface area (Å²) < 4.78 is 1.82. The minimum absolute atomic E-state index is 0.166. The molecule has 0 aliphatic rings. The third-order valence-electron chi connectivity index (χ3n) is 3.59. The number of nitrogens with one attached hydrogen (secondary N) is 1. The summed E-state index contributed by atoms with van der Waals surface area (Å²) in [5.41, 5.74) is 3.81. The molecule has 5 heteroatoms. The van der Waals surface area contributed by atoms with Crippen molar-refractivity contribution >= 4 is 28.8 Å². The van der Waals surface area contributed by atoms with Crippen LogP contribution in [0.5, 0.6) is 0 Å². The third-order valence-corrected chi connectivity index (χ3v) is 3.82. The third kappa shape index (κ3) is 2.57. The van der Waals surface area contributed by atoms with Gasteiger partial charge in [-0.25, -0.2) is 4.98 Å². The molecule has 1 aromatic carbocycles. The first kappa shape index (κ1) is 14.6. The molecule has 112 valence electrons. The molecule has 2 heterocycles. The van der Waals surface area contributed by atoms with E-state index >= 15 is 0 Å². The number of rotatable bonds is 3. The van der Waals surface area contributed by atoms with Crippen LogP contribution in [0.3, 0.4) is 0 Å². The van der Waals surface area contributed by atoms with E-state index in [9.17, 15) is 4.79 Å². The SMILES string of the molecule is CCc1nc2ccccn2c1C(=O)Nc1ccc(Cl)cc1C. The van der Waals surface area contributed by atoms with E-state index in [1.54, 1.807) is 6.07 Å². The standard InChI is InChI=1S/C17H16ClN3O/c1-3-13-16(21-9-5-4-6-15(21)19-13)17(22)20-14-8-7-12(18)10-11(14)2/h4-10H,3H2,1-2H3,(H,20,22). The summed E-state index contributed by atoms with van der Waals surface area (Å²) in [4.78, 5) is 17.2. The van der Waals surface area contributed by atoms with E-state index in [0.29, 0.717) is 17.1 Å². The molecule has 1 amide bonds. The lowest BCUT2D eigenvalue weighted by Gasteiger charge is -2.09. The Kier molecular flexibility index (Phi) is 3.86. The molecular formula is C17H16ClN3O. The number of halogens is 1. The van der Waals surface area contributed by atoms with Gasteiger partial charge in [0, 0.05) is 16.9 Å². The van der Waals surface area contributed by atoms with E-state index in [1.165, 1.54) is 0 Å². The Morgan fingerprint density at radius 1 is 1.32 bits per heavy atom. The predicted molar refractivity (Wildman–Crippen MR) is 88.7 cm³/mol. The summed E-state index contributed by atoms with van der Waals surface area (Å²) in [5.74, 6) is -0.166. The molecule has 4 nitrogen and oxygen atoms in total. The number of hydrogen-bond acceptors (Lipinski definition) is 2. The zero-order chi connectivity index (χ0) is 15.7. The van der Waals surface area contributed by atoms with Crippen molar-refractivity contribution in [2.24, 2.45) is 0 Å². The molecule has 2 aromatic heterocycles. The molecule has 22 heavy (non-hydrogen) atoms. The summed E-state index contributed by atoms with van der Waals surface area (Å²) in [6.07, 6.45) is 2.55. The van der Waals surface area contributed by atoms with Gasteiger partial charge in [-0.2, -0.15) is 0 Å². The zero-order valence-electron chi connectivity index (χ0n) is 12.4. The number of anilines is 1. The summed E-state index contributed by atoms with van der Waals surface area (Å²) in [7, 11) is 0. The Morgan fingerprint density at radius 2 is 2.14 bits per heavy atom. The number of nitrogens with zero attached hydrogens (tertiary/aromatic N) is 2. The molecular weight excluding hydrogens is 298 g/mol. The predicted octanol–water partition coefficient (Wildman–Crippen LogP) is 4.11. The largest absolute Gasteiger partial charge is 0.320 e. The van der Waals surface area contributed by atoms with Crippen molar-refractivity contribution in [2.45, 2.75) is 20.3 Å². The van der Waals surface area contributed by atoms with E-state index in [0.717, 1.165) is 22.6 Å². The maximum atomic E-state index is 12.7. The van der Waals surface area contributed by atoms with Crippen LogP contribution in [0.15, 0.2) is 42.6 Å². The monoisotopic (exact) mass is 313 g/mol. The fraction of sp³-hybridized carbons (Fsp3) is 0.176. The minimum Gasteiger partial charge on any atom is -0.320 e. The van der Waals surface area contributed by atoms with Crippen LogP contribution < -0.4 is 5.32 Å². The van der Waals surface area contributed by atoms with Crippen molar-refractivity contribution in [1.29, 1.82) is 0 Å². The van der Waals surface area contributed by atoms with Crippen molar-refractivity contribution in [3.63, 3.8) is 0 Å². The van der Waals surface area contributed by atoms with Gasteiger partial charge in [0.05, 0.1) is 5.69 Å². The average molecular weight is 314 g/mol. The van der Waals surface area contributed by atoms with Gasteiger partial charge in [0.1, 0.15) is 11.3 Å². The molecule has 0 saturated carbocycles. The number of aryl methyl sites for hydroxylation is 2. The number of hydrogen-bond donors (Lipinski definition) is 1. The van der Waals surface area contributed by atoms with Crippen LogP contribution in [0.2, 0.25) is 5.02 Å². The highest BCUT2D eigenvalue weighted by Gasteiger charge is 2.18. The number of carbonyl (C=O) groups excluding carboxylic acids is 1. The second-order valence-corrected chi connectivity index (χ2v) is 5.54. The van der Waals surface area contributed by atoms with Gasteiger partial charge in [-0.3, -0.25) is 9.20 Å². The highest BCUT2D eigenvalue weighted by atomic mass is 35.5. The van der Waals surface area contributed by atoms with E-state index < -0.39 is 0 Å². The van der Waals surface area contributed by atoms with Crippen molar-refractivity contribution < 1.29 is 4.79 Å². The number of imidazole rings is 1. The second-order valence-electron chi connectivity index (χ2n) is 5.10. The number of carbonyl (C=O) groups is 1. The van der Waals surface area contributed by atoms with E-state index in [-0.39, 0.29) is 5.91 Å². The van der Waals surface area contributed by atoms with Crippen LogP contribution in [0, 0.1) is 6.92 Å². The molecule has 0 unspecified atom stereocenters. The van der Waals surface area contributed by atoms with Crippen LogP contribution in [0.4, 0.5) is 5.69 Å². The number of aromatic nitrogens is 2. The summed E-state index contributed by atoms with van der Waals surface area (Å²) >= 11 is 5.95. The number of amides is 1. The minimum atomic E-state index is -0.166. The van der Waals surface area contributed by atoms with Crippen molar-refractivity contribution in [3.8, 4) is 0 Å². The van der Waals surface area contributed by atoms with Crippen LogP contribution >= 0.6 is 11.6 Å². The van der Waals surface area contributed by atoms with Crippen LogP contribution in [-0.4, -0.2) is 15.3 Å². The zero-order valence-corrected chi connectivity index (χ0v) is 13.2. The Labute approximate surface area is 133 Å². The van der Waals surface area contributed by atoms with E-state index in [4.69, 9.17) is 11.6 Å². The molecule has 0 spiro atoms. The highest BCUT2D eigenvalue weighted by molar-refractivity contribution is 6.30. The van der Waals surface area contributed by atoms with Crippen molar-refractivity contribution in [1.82, 2.24) is 9.38 Å². The van der Waals surface area contributed by atoms with Gasteiger partial charge in [-0.15, -0.1) is 0 Å². The number of pyridine rings is 1. The fourth-order valence-corrected chi connectivity index (χ4v) is 2.71. The molecule has 0 aliphatic heterocycles. The summed E-state index contributed by atoms with van der Waals surface area (Å²) in [5, 5.41) is 3.60. The quantitative estimate of drug-likeness (QED) is 0.791. The fourth-order valence-electron chi connectivity index (χ4n) is 2.48. The lowest BCUT2D eigenvalue weighted by Crippen LogP contribution is -2.16. The number of fused-ring (bicyclic) bond motifs is 1. The molecule has 0 atom stereocenters. The lowest BCUT2D eigenvalue weighted by molar-refractivity contribution is 0.102. The molecule has 3 aromatic rings. The van der Waals surface area contributed by atoms with Gasteiger partial charge < -0.3 is 5.32 Å². The first-order valence-corrected chi connectivity index (χ1v) is 7.51. The molecule has 0 bridgehead atoms. The van der Waals surface area contributed by atoms with Gasteiger partial charge in [0.25, 0.3) is 5.91 Å². The summed E-state index contributed by atoms with van der Waals surface area (Å²) in [6.45, 7) is 3.91. The molecule has 3 rings (SSSR count). The summed E-state index contributed by atoms with van der Waals surface area (Å²) in [6, 6.07) is 11.1. The first-order valence-electron chi connectivity index (χ1n) is 7.13. The van der Waals surface area contributed by atoms with Crippen LogP contribution in [-0.2, 0) is 6.42 Å².